The van der Waals surface area contributed by atoms with Crippen molar-refractivity contribution in [2.24, 2.45) is 0 Å². The maximum Gasteiger partial charge on any atom is 0.146 e. The van der Waals surface area contributed by atoms with Gasteiger partial charge in [0.25, 0.3) is 0 Å². The van der Waals surface area contributed by atoms with Crippen molar-refractivity contribution >= 4 is 11.6 Å². The zero-order valence-corrected chi connectivity index (χ0v) is 11.1. The molecular formula is C13H15ClN2O2. The number of hydrogen-bond donors (Lipinski definition) is 1. The Kier molecular flexibility index (Phi) is 4.23. The maximum atomic E-state index is 5.82. The molecule has 5 heteroatoms. The summed E-state index contributed by atoms with van der Waals surface area (Å²) in [4.78, 5) is 3.95. The summed E-state index contributed by atoms with van der Waals surface area (Å²) < 4.78 is 11.2. The van der Waals surface area contributed by atoms with Gasteiger partial charge in [0.2, 0.25) is 0 Å². The Labute approximate surface area is 111 Å². The summed E-state index contributed by atoms with van der Waals surface area (Å²) in [5, 5.41) is 3.65. The number of hydrogen-bond acceptors (Lipinski definition) is 4. The van der Waals surface area contributed by atoms with Gasteiger partial charge in [-0.3, -0.25) is 4.98 Å². The number of aromatic nitrogens is 1. The smallest absolute Gasteiger partial charge is 0.146 e. The van der Waals surface area contributed by atoms with Gasteiger partial charge in [0.05, 0.1) is 11.2 Å². The van der Waals surface area contributed by atoms with Crippen LogP contribution in [0, 0.1) is 6.92 Å². The van der Waals surface area contributed by atoms with Gasteiger partial charge in [-0.2, -0.15) is 0 Å². The van der Waals surface area contributed by atoms with Crippen molar-refractivity contribution in [1.29, 1.82) is 0 Å². The number of nitrogens with one attached hydrogen (secondary N) is 1. The van der Waals surface area contributed by atoms with Crippen LogP contribution in [-0.4, -0.2) is 12.0 Å². The van der Waals surface area contributed by atoms with E-state index in [4.69, 9.17) is 20.8 Å². The van der Waals surface area contributed by atoms with Crippen LogP contribution < -0.4 is 10.1 Å². The lowest BCUT2D eigenvalue weighted by Gasteiger charge is -2.03. The van der Waals surface area contributed by atoms with Crippen LogP contribution in [0.3, 0.4) is 0 Å². The molecule has 18 heavy (non-hydrogen) atoms. The molecule has 0 aromatic carbocycles. The normalized spacial score (nSPS) is 10.6. The molecule has 0 bridgehead atoms. The van der Waals surface area contributed by atoms with Gasteiger partial charge in [0, 0.05) is 24.4 Å². The third-order valence-corrected chi connectivity index (χ3v) is 2.71. The topological polar surface area (TPSA) is 47.3 Å². The second kappa shape index (κ2) is 5.89. The van der Waals surface area contributed by atoms with Crippen molar-refractivity contribution in [3.05, 3.63) is 46.6 Å². The lowest BCUT2D eigenvalue weighted by Crippen LogP contribution is -2.04. The van der Waals surface area contributed by atoms with Crippen LogP contribution >= 0.6 is 11.6 Å². The highest BCUT2D eigenvalue weighted by Gasteiger charge is 2.07. The van der Waals surface area contributed by atoms with Crippen LogP contribution in [0.4, 0.5) is 0 Å². The lowest BCUT2D eigenvalue weighted by molar-refractivity contribution is 0.266. The number of aryl methyl sites for hydroxylation is 1. The summed E-state index contributed by atoms with van der Waals surface area (Å²) in [6, 6.07) is 3.71. The SMILES string of the molecule is CNCc1cc(COc2cncc(Cl)c2)oc1C. The Balaban J connectivity index is 2.00. The van der Waals surface area contributed by atoms with E-state index in [9.17, 15) is 0 Å². The molecule has 2 heterocycles. The molecule has 0 aliphatic rings. The summed E-state index contributed by atoms with van der Waals surface area (Å²) in [6.07, 6.45) is 3.19. The van der Waals surface area contributed by atoms with Gasteiger partial charge >= 0.3 is 0 Å². The average Bonchev–Trinajstić information content (AvgIpc) is 2.69. The van der Waals surface area contributed by atoms with E-state index < -0.39 is 0 Å². The fourth-order valence-electron chi connectivity index (χ4n) is 1.65. The highest BCUT2D eigenvalue weighted by molar-refractivity contribution is 6.30. The van der Waals surface area contributed by atoms with E-state index >= 15 is 0 Å². The molecule has 0 saturated carbocycles. The number of rotatable bonds is 5. The third kappa shape index (κ3) is 3.24. The van der Waals surface area contributed by atoms with Crippen molar-refractivity contribution in [2.45, 2.75) is 20.1 Å². The molecule has 0 spiro atoms. The molecule has 2 aromatic rings. The monoisotopic (exact) mass is 266 g/mol. The summed E-state index contributed by atoms with van der Waals surface area (Å²) in [6.45, 7) is 3.09. The molecule has 2 aromatic heterocycles. The molecule has 0 unspecified atom stereocenters. The van der Waals surface area contributed by atoms with Crippen LogP contribution in [-0.2, 0) is 13.2 Å². The van der Waals surface area contributed by atoms with Gasteiger partial charge in [0.15, 0.2) is 0 Å². The fourth-order valence-corrected chi connectivity index (χ4v) is 1.81. The molecular weight excluding hydrogens is 252 g/mol. The maximum absolute atomic E-state index is 5.82. The van der Waals surface area contributed by atoms with Crippen molar-refractivity contribution in [2.75, 3.05) is 7.05 Å². The molecule has 96 valence electrons. The lowest BCUT2D eigenvalue weighted by atomic mass is 10.2. The van der Waals surface area contributed by atoms with E-state index in [1.165, 1.54) is 0 Å². The first-order valence-electron chi connectivity index (χ1n) is 5.65. The molecule has 4 nitrogen and oxygen atoms in total. The minimum atomic E-state index is 0.368. The molecule has 1 N–H and O–H groups in total. The van der Waals surface area contributed by atoms with Crippen LogP contribution in [0.15, 0.2) is 28.9 Å². The minimum Gasteiger partial charge on any atom is -0.484 e. The van der Waals surface area contributed by atoms with Crippen LogP contribution in [0.5, 0.6) is 5.75 Å². The van der Waals surface area contributed by atoms with Gasteiger partial charge < -0.3 is 14.5 Å². The highest BCUT2D eigenvalue weighted by atomic mass is 35.5. The van der Waals surface area contributed by atoms with E-state index in [1.54, 1.807) is 18.5 Å². The standard InChI is InChI=1S/C13H15ClN2O2/c1-9-10(5-15-2)3-13(18-9)8-17-12-4-11(14)6-16-7-12/h3-4,6-7,15H,5,8H2,1-2H3. The molecule has 0 aliphatic heterocycles. The van der Waals surface area contributed by atoms with Crippen LogP contribution in [0.2, 0.25) is 5.02 Å². The van der Waals surface area contributed by atoms with Crippen molar-refractivity contribution in [3.8, 4) is 5.75 Å². The number of pyridine rings is 1. The van der Waals surface area contributed by atoms with E-state index in [2.05, 4.69) is 10.3 Å². The molecule has 0 saturated heterocycles. The third-order valence-electron chi connectivity index (χ3n) is 2.50. The summed E-state index contributed by atoms with van der Waals surface area (Å²) in [5.74, 6) is 2.33. The number of ether oxygens (including phenoxy) is 1. The predicted molar refractivity (Wildman–Crippen MR) is 69.8 cm³/mol. The van der Waals surface area contributed by atoms with Crippen LogP contribution in [0.1, 0.15) is 17.1 Å². The summed E-state index contributed by atoms with van der Waals surface area (Å²) in [7, 11) is 1.90. The second-order valence-corrected chi connectivity index (χ2v) is 4.39. The molecule has 2 rings (SSSR count). The number of halogens is 1. The Morgan fingerprint density at radius 1 is 1.39 bits per heavy atom. The Morgan fingerprint density at radius 2 is 2.22 bits per heavy atom. The zero-order valence-electron chi connectivity index (χ0n) is 10.4. The second-order valence-electron chi connectivity index (χ2n) is 3.95. The van der Waals surface area contributed by atoms with E-state index in [0.29, 0.717) is 17.4 Å². The average molecular weight is 267 g/mol. The molecule has 0 aliphatic carbocycles. The quantitative estimate of drug-likeness (QED) is 0.904. The first kappa shape index (κ1) is 12.9. The first-order chi connectivity index (χ1) is 8.69. The molecule has 0 amide bonds. The highest BCUT2D eigenvalue weighted by Crippen LogP contribution is 2.19. The largest absolute Gasteiger partial charge is 0.484 e. The number of nitrogens with zero attached hydrogens (tertiary/aromatic N) is 1. The van der Waals surface area contributed by atoms with E-state index in [1.807, 2.05) is 20.0 Å². The molecule has 0 fully saturated rings. The Bertz CT molecular complexity index is 525. The van der Waals surface area contributed by atoms with Crippen molar-refractivity contribution in [1.82, 2.24) is 10.3 Å². The molecule has 0 atom stereocenters. The van der Waals surface area contributed by atoms with Crippen molar-refractivity contribution < 1.29 is 9.15 Å². The minimum absolute atomic E-state index is 0.368. The van der Waals surface area contributed by atoms with Gasteiger partial charge in [-0.15, -0.1) is 0 Å². The van der Waals surface area contributed by atoms with Crippen LogP contribution in [0.25, 0.3) is 0 Å². The van der Waals surface area contributed by atoms with Crippen molar-refractivity contribution in [3.63, 3.8) is 0 Å². The van der Waals surface area contributed by atoms with E-state index in [0.717, 1.165) is 23.6 Å². The van der Waals surface area contributed by atoms with Gasteiger partial charge in [0.1, 0.15) is 23.9 Å². The first-order valence-corrected chi connectivity index (χ1v) is 6.03. The zero-order chi connectivity index (χ0) is 13.0. The molecule has 0 radical (unpaired) electrons. The summed E-state index contributed by atoms with van der Waals surface area (Å²) in [5.41, 5.74) is 1.14. The van der Waals surface area contributed by atoms with E-state index in [-0.39, 0.29) is 0 Å². The fraction of sp³-hybridized carbons (Fsp3) is 0.308. The van der Waals surface area contributed by atoms with Gasteiger partial charge in [-0.05, 0) is 20.0 Å². The van der Waals surface area contributed by atoms with Gasteiger partial charge in [-0.1, -0.05) is 11.6 Å². The predicted octanol–water partition coefficient (Wildman–Crippen LogP) is 2.93. The summed E-state index contributed by atoms with van der Waals surface area (Å²) >= 11 is 5.82. The Hall–Kier alpha value is -1.52. The number of furan rings is 1. The van der Waals surface area contributed by atoms with Gasteiger partial charge in [-0.25, -0.2) is 0 Å². The Morgan fingerprint density at radius 3 is 2.94 bits per heavy atom.